The van der Waals surface area contributed by atoms with Crippen LogP contribution in [0.4, 0.5) is 0 Å². The summed E-state index contributed by atoms with van der Waals surface area (Å²) in [6.07, 6.45) is 89.8. The summed E-state index contributed by atoms with van der Waals surface area (Å²) in [7, 11) is 0. The van der Waals surface area contributed by atoms with Crippen LogP contribution in [-0.2, 0) is 28.6 Å². The van der Waals surface area contributed by atoms with E-state index in [2.05, 4.69) is 81.5 Å². The zero-order chi connectivity index (χ0) is 58.5. The number of carbonyl (C=O) groups excluding carboxylic acids is 3. The van der Waals surface area contributed by atoms with Gasteiger partial charge in [-0.2, -0.15) is 0 Å². The maximum absolute atomic E-state index is 12.9. The predicted octanol–water partition coefficient (Wildman–Crippen LogP) is 24.7. The summed E-state index contributed by atoms with van der Waals surface area (Å²) in [5, 5.41) is 0. The predicted molar refractivity (Wildman–Crippen MR) is 353 cm³/mol. The quantitative estimate of drug-likeness (QED) is 0.0261. The summed E-state index contributed by atoms with van der Waals surface area (Å²) in [6.45, 7) is 6.59. The molecule has 472 valence electrons. The van der Waals surface area contributed by atoms with Crippen LogP contribution in [0.2, 0.25) is 0 Å². The van der Waals surface area contributed by atoms with Crippen molar-refractivity contribution in [1.29, 1.82) is 0 Å². The van der Waals surface area contributed by atoms with Gasteiger partial charge in [0.25, 0.3) is 0 Å². The first-order valence-electron chi connectivity index (χ1n) is 35.8. The van der Waals surface area contributed by atoms with E-state index in [4.69, 9.17) is 14.2 Å². The molecule has 81 heavy (non-hydrogen) atoms. The van der Waals surface area contributed by atoms with E-state index in [-0.39, 0.29) is 31.1 Å². The number of allylic oxidation sites excluding steroid dienone is 10. The molecule has 0 bridgehead atoms. The molecule has 6 nitrogen and oxygen atoms in total. The maximum atomic E-state index is 12.9. The number of ether oxygens (including phenoxy) is 3. The lowest BCUT2D eigenvalue weighted by Crippen LogP contribution is -2.30. The molecular formula is C75H136O6. The SMILES string of the molecule is CC/C=C\C/C=C\C/C=C\C/C=C\C/C=C\CCCCCCCCCCCCCCCCCCCCCC(=O)OCC(COC(=O)CCCCCCCCCCCCCCC)OC(=O)CCCCCCCCCCCCCCCCC. The summed E-state index contributed by atoms with van der Waals surface area (Å²) < 4.78 is 17.0. The standard InChI is InChI=1S/C75H136O6/c1-4-7-10-13-16-19-22-25-27-28-29-30-31-32-33-34-35-36-37-38-39-40-41-42-43-44-45-46-48-50-53-56-59-62-65-68-74(77)80-71-72(70-79-73(76)67-64-61-58-55-52-49-24-21-18-15-12-9-6-3)81-75(78)69-66-63-60-57-54-51-47-26-23-20-17-14-11-8-5-2/h7,10,16,19,25,27,29-30,32-33,72H,4-6,8-9,11-15,17-18,20-24,26,28,31,34-71H2,1-3H3/b10-7-,19-16-,27-25-,30-29-,33-32-. The van der Waals surface area contributed by atoms with Crippen molar-refractivity contribution in [3.05, 3.63) is 60.8 Å². The third-order valence-electron chi connectivity index (χ3n) is 16.0. The van der Waals surface area contributed by atoms with Gasteiger partial charge in [0.2, 0.25) is 0 Å². The topological polar surface area (TPSA) is 78.9 Å². The first-order valence-corrected chi connectivity index (χ1v) is 35.8. The lowest BCUT2D eigenvalue weighted by atomic mass is 10.0. The van der Waals surface area contributed by atoms with E-state index in [0.29, 0.717) is 19.3 Å². The molecule has 1 atom stereocenters. The van der Waals surface area contributed by atoms with Gasteiger partial charge in [-0.05, 0) is 64.2 Å². The van der Waals surface area contributed by atoms with Gasteiger partial charge in [0.05, 0.1) is 0 Å². The molecule has 0 saturated carbocycles. The molecule has 0 aliphatic heterocycles. The second-order valence-corrected chi connectivity index (χ2v) is 24.1. The third kappa shape index (κ3) is 67.8. The normalized spacial score (nSPS) is 12.4. The molecule has 0 aromatic carbocycles. The average Bonchev–Trinajstić information content (AvgIpc) is 3.46. The Balaban J connectivity index is 4.08. The van der Waals surface area contributed by atoms with Crippen LogP contribution in [-0.4, -0.2) is 37.2 Å². The van der Waals surface area contributed by atoms with Crippen LogP contribution < -0.4 is 0 Å². The number of esters is 3. The van der Waals surface area contributed by atoms with Crippen LogP contribution in [0.5, 0.6) is 0 Å². The molecule has 0 rings (SSSR count). The molecule has 6 heteroatoms. The van der Waals surface area contributed by atoms with Crippen molar-refractivity contribution in [2.45, 2.75) is 386 Å². The van der Waals surface area contributed by atoms with E-state index in [1.807, 2.05) is 0 Å². The van der Waals surface area contributed by atoms with E-state index in [0.717, 1.165) is 89.9 Å². The fraction of sp³-hybridized carbons (Fsp3) is 0.827. The first-order chi connectivity index (χ1) is 40.0. The minimum atomic E-state index is -0.768. The van der Waals surface area contributed by atoms with E-state index in [1.54, 1.807) is 0 Å². The molecular weight excluding hydrogens is 997 g/mol. The van der Waals surface area contributed by atoms with Crippen molar-refractivity contribution in [3.63, 3.8) is 0 Å². The monoisotopic (exact) mass is 1130 g/mol. The minimum absolute atomic E-state index is 0.0653. The number of unbranched alkanes of at least 4 members (excludes halogenated alkanes) is 45. The van der Waals surface area contributed by atoms with E-state index in [1.165, 1.54) is 250 Å². The highest BCUT2D eigenvalue weighted by Crippen LogP contribution is 2.19. The molecule has 0 N–H and O–H groups in total. The molecule has 0 aromatic rings. The fourth-order valence-corrected chi connectivity index (χ4v) is 10.7. The highest BCUT2D eigenvalue weighted by Gasteiger charge is 2.19. The second-order valence-electron chi connectivity index (χ2n) is 24.1. The van der Waals surface area contributed by atoms with Gasteiger partial charge >= 0.3 is 17.9 Å². The molecule has 0 aromatic heterocycles. The van der Waals surface area contributed by atoms with Gasteiger partial charge < -0.3 is 14.2 Å². The van der Waals surface area contributed by atoms with Crippen LogP contribution in [0.3, 0.4) is 0 Å². The lowest BCUT2D eigenvalue weighted by molar-refractivity contribution is -0.167. The number of carbonyl (C=O) groups is 3. The number of hydrogen-bond donors (Lipinski definition) is 0. The first kappa shape index (κ1) is 78.1. The van der Waals surface area contributed by atoms with Crippen LogP contribution in [0.25, 0.3) is 0 Å². The molecule has 0 radical (unpaired) electrons. The lowest BCUT2D eigenvalue weighted by Gasteiger charge is -2.18. The van der Waals surface area contributed by atoms with Gasteiger partial charge in [-0.3, -0.25) is 14.4 Å². The molecule has 0 aliphatic carbocycles. The fourth-order valence-electron chi connectivity index (χ4n) is 10.7. The summed E-state index contributed by atoms with van der Waals surface area (Å²) in [5.74, 6) is -0.837. The van der Waals surface area contributed by atoms with Crippen molar-refractivity contribution in [1.82, 2.24) is 0 Å². The molecule has 0 spiro atoms. The summed E-state index contributed by atoms with van der Waals surface area (Å²) >= 11 is 0. The Kier molecular flexibility index (Phi) is 67.1. The molecule has 0 amide bonds. The summed E-state index contributed by atoms with van der Waals surface area (Å²) in [4.78, 5) is 38.4. The van der Waals surface area contributed by atoms with Gasteiger partial charge in [-0.25, -0.2) is 0 Å². The maximum Gasteiger partial charge on any atom is 0.306 e. The highest BCUT2D eigenvalue weighted by atomic mass is 16.6. The van der Waals surface area contributed by atoms with Crippen LogP contribution >= 0.6 is 0 Å². The Hall–Kier alpha value is -2.89. The van der Waals surface area contributed by atoms with Gasteiger partial charge in [0, 0.05) is 19.3 Å². The largest absolute Gasteiger partial charge is 0.462 e. The van der Waals surface area contributed by atoms with Crippen LogP contribution in [0.15, 0.2) is 60.8 Å². The van der Waals surface area contributed by atoms with Gasteiger partial charge in [0.15, 0.2) is 6.10 Å². The summed E-state index contributed by atoms with van der Waals surface area (Å²) in [6, 6.07) is 0. The Morgan fingerprint density at radius 2 is 0.481 bits per heavy atom. The molecule has 0 aliphatic rings. The van der Waals surface area contributed by atoms with Crippen molar-refractivity contribution < 1.29 is 28.6 Å². The zero-order valence-corrected chi connectivity index (χ0v) is 54.3. The highest BCUT2D eigenvalue weighted by molar-refractivity contribution is 5.71. The van der Waals surface area contributed by atoms with Gasteiger partial charge in [-0.1, -0.05) is 358 Å². The van der Waals surface area contributed by atoms with Gasteiger partial charge in [0.1, 0.15) is 13.2 Å². The smallest absolute Gasteiger partial charge is 0.306 e. The summed E-state index contributed by atoms with van der Waals surface area (Å²) in [5.41, 5.74) is 0. The van der Waals surface area contributed by atoms with Crippen molar-refractivity contribution in [3.8, 4) is 0 Å². The molecule has 0 saturated heterocycles. The van der Waals surface area contributed by atoms with E-state index in [9.17, 15) is 14.4 Å². The van der Waals surface area contributed by atoms with Crippen molar-refractivity contribution in [2.24, 2.45) is 0 Å². The average molecular weight is 1130 g/mol. The Bertz CT molecular complexity index is 1440. The third-order valence-corrected chi connectivity index (χ3v) is 16.0. The van der Waals surface area contributed by atoms with Crippen molar-refractivity contribution >= 4 is 17.9 Å². The Morgan fingerprint density at radius 3 is 0.753 bits per heavy atom. The zero-order valence-electron chi connectivity index (χ0n) is 54.3. The number of hydrogen-bond acceptors (Lipinski definition) is 6. The Labute approximate surface area is 504 Å². The van der Waals surface area contributed by atoms with E-state index < -0.39 is 6.10 Å². The van der Waals surface area contributed by atoms with Crippen molar-refractivity contribution in [2.75, 3.05) is 13.2 Å². The van der Waals surface area contributed by atoms with Crippen LogP contribution in [0, 0.1) is 0 Å². The van der Waals surface area contributed by atoms with Crippen LogP contribution in [0.1, 0.15) is 380 Å². The van der Waals surface area contributed by atoms with E-state index >= 15 is 0 Å². The second kappa shape index (κ2) is 69.6. The Morgan fingerprint density at radius 1 is 0.259 bits per heavy atom. The number of rotatable bonds is 66. The van der Waals surface area contributed by atoms with Gasteiger partial charge in [-0.15, -0.1) is 0 Å². The minimum Gasteiger partial charge on any atom is -0.462 e. The molecule has 0 heterocycles. The molecule has 1 unspecified atom stereocenters. The molecule has 0 fully saturated rings.